The van der Waals surface area contributed by atoms with Crippen LogP contribution in [0.15, 0.2) is 24.3 Å². The molecule has 1 aromatic carbocycles. The second-order valence-corrected chi connectivity index (χ2v) is 3.69. The Hall–Kier alpha value is -0.900. The Labute approximate surface area is 92.9 Å². The monoisotopic (exact) mass is 226 g/mol. The van der Waals surface area contributed by atoms with Crippen LogP contribution < -0.4 is 0 Å². The van der Waals surface area contributed by atoms with E-state index in [4.69, 9.17) is 21.1 Å². The predicted molar refractivity (Wildman–Crippen MR) is 56.3 cm³/mol. The molecule has 0 radical (unpaired) electrons. The van der Waals surface area contributed by atoms with Gasteiger partial charge in [0.25, 0.3) is 0 Å². The molecule has 80 valence electrons. The Balaban J connectivity index is 2.16. The van der Waals surface area contributed by atoms with E-state index < -0.39 is 6.10 Å². The number of rotatable bonds is 2. The van der Waals surface area contributed by atoms with Gasteiger partial charge in [0.2, 0.25) is 0 Å². The van der Waals surface area contributed by atoms with E-state index in [1.54, 1.807) is 24.3 Å². The van der Waals surface area contributed by atoms with Crippen LogP contribution in [0.5, 0.6) is 0 Å². The van der Waals surface area contributed by atoms with Crippen molar-refractivity contribution >= 4 is 17.4 Å². The molecule has 0 amide bonds. The molecule has 1 heterocycles. The van der Waals surface area contributed by atoms with Crippen LogP contribution >= 0.6 is 11.6 Å². The van der Waals surface area contributed by atoms with Gasteiger partial charge >= 0.3 is 0 Å². The summed E-state index contributed by atoms with van der Waals surface area (Å²) in [5.41, 5.74) is 0.495. The molecule has 0 N–H and O–H groups in total. The van der Waals surface area contributed by atoms with Crippen LogP contribution in [0, 0.1) is 0 Å². The predicted octanol–water partition coefficient (Wildman–Crippen LogP) is 1.94. The van der Waals surface area contributed by atoms with Crippen LogP contribution in [0.1, 0.15) is 10.4 Å². The van der Waals surface area contributed by atoms with E-state index in [9.17, 15) is 4.79 Å². The van der Waals surface area contributed by atoms with Crippen molar-refractivity contribution in [3.63, 3.8) is 0 Å². The highest BCUT2D eigenvalue weighted by Crippen LogP contribution is 2.18. The minimum absolute atomic E-state index is 0.111. The number of carbonyl (C=O) groups excluding carboxylic acids is 1. The average Bonchev–Trinajstić information content (AvgIpc) is 2.30. The van der Waals surface area contributed by atoms with Crippen LogP contribution in [0.4, 0.5) is 0 Å². The van der Waals surface area contributed by atoms with Crippen LogP contribution in [0.25, 0.3) is 0 Å². The summed E-state index contributed by atoms with van der Waals surface area (Å²) < 4.78 is 10.5. The summed E-state index contributed by atoms with van der Waals surface area (Å²) >= 11 is 5.92. The zero-order chi connectivity index (χ0) is 10.7. The molecule has 0 saturated carbocycles. The molecule has 0 aliphatic carbocycles. The number of carbonyl (C=O) groups is 1. The molecular formula is C11H11ClO3. The van der Waals surface area contributed by atoms with E-state index in [-0.39, 0.29) is 5.78 Å². The first kappa shape index (κ1) is 10.6. The molecule has 1 fully saturated rings. The van der Waals surface area contributed by atoms with Crippen LogP contribution in [0.2, 0.25) is 5.02 Å². The van der Waals surface area contributed by atoms with Crippen molar-refractivity contribution in [2.75, 3.05) is 19.8 Å². The molecule has 1 atom stereocenters. The van der Waals surface area contributed by atoms with Crippen molar-refractivity contribution in [2.24, 2.45) is 0 Å². The van der Waals surface area contributed by atoms with E-state index in [0.717, 1.165) is 0 Å². The summed E-state index contributed by atoms with van der Waals surface area (Å²) in [4.78, 5) is 11.9. The first-order valence-corrected chi connectivity index (χ1v) is 5.15. The Morgan fingerprint density at radius 3 is 2.80 bits per heavy atom. The van der Waals surface area contributed by atoms with Crippen molar-refractivity contribution < 1.29 is 14.3 Å². The highest BCUT2D eigenvalue weighted by Gasteiger charge is 2.25. The first-order valence-electron chi connectivity index (χ1n) is 4.77. The normalized spacial score (nSPS) is 21.3. The fourth-order valence-electron chi connectivity index (χ4n) is 1.47. The summed E-state index contributed by atoms with van der Waals surface area (Å²) in [5, 5.41) is 0.455. The van der Waals surface area contributed by atoms with Gasteiger partial charge in [0, 0.05) is 5.56 Å². The van der Waals surface area contributed by atoms with E-state index in [1.165, 1.54) is 0 Å². The van der Waals surface area contributed by atoms with Crippen LogP contribution in [-0.4, -0.2) is 31.7 Å². The summed E-state index contributed by atoms with van der Waals surface area (Å²) in [6.45, 7) is 1.32. The molecular weight excluding hydrogens is 216 g/mol. The van der Waals surface area contributed by atoms with E-state index in [0.29, 0.717) is 30.4 Å². The number of ketones is 1. The van der Waals surface area contributed by atoms with Gasteiger partial charge < -0.3 is 9.47 Å². The summed E-state index contributed by atoms with van der Waals surface area (Å²) in [7, 11) is 0. The van der Waals surface area contributed by atoms with Gasteiger partial charge in [-0.25, -0.2) is 0 Å². The van der Waals surface area contributed by atoms with Crippen molar-refractivity contribution in [3.05, 3.63) is 34.9 Å². The zero-order valence-electron chi connectivity index (χ0n) is 8.11. The minimum atomic E-state index is -0.515. The fourth-order valence-corrected chi connectivity index (χ4v) is 1.70. The van der Waals surface area contributed by atoms with Crippen molar-refractivity contribution in [1.82, 2.24) is 0 Å². The van der Waals surface area contributed by atoms with Gasteiger partial charge in [-0.1, -0.05) is 23.7 Å². The lowest BCUT2D eigenvalue weighted by Crippen LogP contribution is -2.35. The largest absolute Gasteiger partial charge is 0.376 e. The molecule has 15 heavy (non-hydrogen) atoms. The smallest absolute Gasteiger partial charge is 0.195 e. The van der Waals surface area contributed by atoms with Gasteiger partial charge in [-0.05, 0) is 12.1 Å². The molecule has 1 aromatic rings. The molecule has 3 nitrogen and oxygen atoms in total. The topological polar surface area (TPSA) is 35.5 Å². The third kappa shape index (κ3) is 2.37. The maximum absolute atomic E-state index is 11.9. The maximum atomic E-state index is 11.9. The van der Waals surface area contributed by atoms with Crippen LogP contribution in [0.3, 0.4) is 0 Å². The van der Waals surface area contributed by atoms with Crippen molar-refractivity contribution in [3.8, 4) is 0 Å². The van der Waals surface area contributed by atoms with Crippen molar-refractivity contribution in [1.29, 1.82) is 0 Å². The highest BCUT2D eigenvalue weighted by atomic mass is 35.5. The number of Topliss-reactive ketones (excluding diaryl/α,β-unsaturated/α-hetero) is 1. The third-order valence-electron chi connectivity index (χ3n) is 2.25. The lowest BCUT2D eigenvalue weighted by molar-refractivity contribution is -0.0719. The van der Waals surface area contributed by atoms with E-state index in [1.807, 2.05) is 0 Å². The minimum Gasteiger partial charge on any atom is -0.376 e. The molecule has 0 bridgehead atoms. The van der Waals surface area contributed by atoms with Gasteiger partial charge in [-0.3, -0.25) is 4.79 Å². The molecule has 0 spiro atoms. The first-order chi connectivity index (χ1) is 7.29. The van der Waals surface area contributed by atoms with E-state index >= 15 is 0 Å². The second kappa shape index (κ2) is 4.75. The molecule has 1 aliphatic heterocycles. The highest BCUT2D eigenvalue weighted by molar-refractivity contribution is 6.34. The average molecular weight is 227 g/mol. The van der Waals surface area contributed by atoms with Gasteiger partial charge in [0.15, 0.2) is 5.78 Å². The molecule has 1 unspecified atom stereocenters. The number of hydrogen-bond donors (Lipinski definition) is 0. The van der Waals surface area contributed by atoms with Crippen molar-refractivity contribution in [2.45, 2.75) is 6.10 Å². The fraction of sp³-hybridized carbons (Fsp3) is 0.364. The lowest BCUT2D eigenvalue weighted by Gasteiger charge is -2.21. The second-order valence-electron chi connectivity index (χ2n) is 3.28. The summed E-state index contributed by atoms with van der Waals surface area (Å²) in [5.74, 6) is -0.111. The third-order valence-corrected chi connectivity index (χ3v) is 2.58. The number of halogens is 1. The Kier molecular flexibility index (Phi) is 3.36. The number of benzene rings is 1. The summed E-state index contributed by atoms with van der Waals surface area (Å²) in [6.07, 6.45) is -0.515. The van der Waals surface area contributed by atoms with Gasteiger partial charge in [-0.15, -0.1) is 0 Å². The van der Waals surface area contributed by atoms with Gasteiger partial charge in [0.05, 0.1) is 24.8 Å². The van der Waals surface area contributed by atoms with Gasteiger partial charge in [-0.2, -0.15) is 0 Å². The quantitative estimate of drug-likeness (QED) is 0.723. The molecule has 1 saturated heterocycles. The lowest BCUT2D eigenvalue weighted by atomic mass is 10.1. The molecule has 1 aliphatic rings. The maximum Gasteiger partial charge on any atom is 0.195 e. The SMILES string of the molecule is O=C(c1ccccc1Cl)C1COCCO1. The molecule has 0 aromatic heterocycles. The van der Waals surface area contributed by atoms with Gasteiger partial charge in [0.1, 0.15) is 6.10 Å². The molecule has 4 heteroatoms. The summed E-state index contributed by atoms with van der Waals surface area (Å²) in [6, 6.07) is 6.96. The van der Waals surface area contributed by atoms with E-state index in [2.05, 4.69) is 0 Å². The zero-order valence-corrected chi connectivity index (χ0v) is 8.87. The standard InChI is InChI=1S/C11H11ClO3/c12-9-4-2-1-3-8(9)11(13)10-7-14-5-6-15-10/h1-4,10H,5-7H2. The molecule has 2 rings (SSSR count). The number of ether oxygens (including phenoxy) is 2. The van der Waals surface area contributed by atoms with Crippen LogP contribution in [-0.2, 0) is 9.47 Å². The Bertz CT molecular complexity index is 359. The Morgan fingerprint density at radius 1 is 1.33 bits per heavy atom. The number of hydrogen-bond acceptors (Lipinski definition) is 3. The Morgan fingerprint density at radius 2 is 2.13 bits per heavy atom.